The Bertz CT molecular complexity index is 843. The molecular weight excluding hydrogens is 368 g/mol. The number of carbonyl (C=O) groups excluding carboxylic acids is 4. The van der Waals surface area contributed by atoms with Gasteiger partial charge in [-0.05, 0) is 43.7 Å². The van der Waals surface area contributed by atoms with Gasteiger partial charge in [0.15, 0.2) is 0 Å². The lowest BCUT2D eigenvalue weighted by Gasteiger charge is -2.16. The molecule has 0 radical (unpaired) electrons. The second kappa shape index (κ2) is 6.60. The van der Waals surface area contributed by atoms with Crippen LogP contribution in [0.2, 0.25) is 0 Å². The first kappa shape index (κ1) is 17.9. The third kappa shape index (κ3) is 2.88. The van der Waals surface area contributed by atoms with E-state index in [9.17, 15) is 19.2 Å². The van der Waals surface area contributed by atoms with Crippen molar-refractivity contribution in [3.8, 4) is 0 Å². The van der Waals surface area contributed by atoms with Crippen LogP contribution in [0, 0.1) is 30.6 Å². The third-order valence-corrected chi connectivity index (χ3v) is 6.64. The van der Waals surface area contributed by atoms with Gasteiger partial charge in [0.25, 0.3) is 0 Å². The highest BCUT2D eigenvalue weighted by atomic mass is 32.1. The molecular formula is C19H20N2O5S. The molecule has 1 aromatic heterocycles. The van der Waals surface area contributed by atoms with Crippen LogP contribution in [-0.2, 0) is 19.1 Å². The molecule has 4 atom stereocenters. The molecule has 7 nitrogen and oxygen atoms in total. The normalized spacial score (nSPS) is 28.0. The zero-order valence-electron chi connectivity index (χ0n) is 15.1. The fourth-order valence-corrected chi connectivity index (χ4v) is 5.37. The number of allylic oxidation sites excluding steroid dienone is 2. The predicted octanol–water partition coefficient (Wildman–Crippen LogP) is 1.98. The molecule has 2 heterocycles. The minimum atomic E-state index is -0.450. The van der Waals surface area contributed by atoms with Gasteiger partial charge in [-0.1, -0.05) is 12.2 Å². The second-order valence-electron chi connectivity index (χ2n) is 7.15. The summed E-state index contributed by atoms with van der Waals surface area (Å²) in [5, 5.41) is 3.17. The number of ether oxygens (including phenoxy) is 1. The molecule has 1 aromatic rings. The maximum atomic E-state index is 12.6. The Kier molecular flexibility index (Phi) is 4.38. The van der Waals surface area contributed by atoms with E-state index in [0.29, 0.717) is 15.4 Å². The minimum Gasteiger partial charge on any atom is -0.462 e. The van der Waals surface area contributed by atoms with Crippen LogP contribution in [0.15, 0.2) is 18.2 Å². The van der Waals surface area contributed by atoms with Gasteiger partial charge in [-0.25, -0.2) is 4.79 Å². The van der Waals surface area contributed by atoms with Crippen molar-refractivity contribution in [2.24, 2.45) is 23.7 Å². The van der Waals surface area contributed by atoms with Crippen LogP contribution >= 0.6 is 11.3 Å². The van der Waals surface area contributed by atoms with Gasteiger partial charge in [-0.2, -0.15) is 0 Å². The van der Waals surface area contributed by atoms with Crippen LogP contribution in [-0.4, -0.2) is 41.7 Å². The smallest absolute Gasteiger partial charge is 0.348 e. The molecule has 142 valence electrons. The van der Waals surface area contributed by atoms with E-state index in [0.717, 1.165) is 22.7 Å². The molecule has 2 bridgehead atoms. The lowest BCUT2D eigenvalue weighted by atomic mass is 9.85. The van der Waals surface area contributed by atoms with E-state index in [1.807, 2.05) is 12.2 Å². The summed E-state index contributed by atoms with van der Waals surface area (Å²) in [6, 6.07) is 1.68. The van der Waals surface area contributed by atoms with E-state index >= 15 is 0 Å². The van der Waals surface area contributed by atoms with E-state index in [2.05, 4.69) is 5.32 Å². The average Bonchev–Trinajstić information content (AvgIpc) is 3.36. The van der Waals surface area contributed by atoms with Gasteiger partial charge < -0.3 is 10.1 Å². The van der Waals surface area contributed by atoms with Crippen LogP contribution in [0.4, 0.5) is 5.00 Å². The number of fused-ring (bicyclic) bond motifs is 5. The number of nitrogens with zero attached hydrogens (tertiary/aromatic N) is 1. The number of thiophene rings is 1. The number of amides is 3. The van der Waals surface area contributed by atoms with E-state index in [1.165, 1.54) is 0 Å². The highest BCUT2D eigenvalue weighted by molar-refractivity contribution is 7.18. The lowest BCUT2D eigenvalue weighted by Crippen LogP contribution is -2.39. The van der Waals surface area contributed by atoms with Gasteiger partial charge in [0.2, 0.25) is 17.7 Å². The molecule has 1 aliphatic heterocycles. The molecule has 2 fully saturated rings. The first-order valence-corrected chi connectivity index (χ1v) is 9.83. The largest absolute Gasteiger partial charge is 0.462 e. The minimum absolute atomic E-state index is 0.122. The lowest BCUT2D eigenvalue weighted by molar-refractivity contribution is -0.143. The molecule has 27 heavy (non-hydrogen) atoms. The SMILES string of the molecule is CCOC(=O)c1sc(NC(=O)CN2C(=O)[C@@H]3[C@H](C2=O)[C@@H]2C=C[C@H]3C2)cc1C. The maximum absolute atomic E-state index is 12.6. The van der Waals surface area contributed by atoms with Crippen molar-refractivity contribution in [1.82, 2.24) is 4.90 Å². The average molecular weight is 388 g/mol. The van der Waals surface area contributed by atoms with E-state index in [4.69, 9.17) is 4.74 Å². The maximum Gasteiger partial charge on any atom is 0.348 e. The van der Waals surface area contributed by atoms with Crippen molar-refractivity contribution in [2.45, 2.75) is 20.3 Å². The van der Waals surface area contributed by atoms with Crippen molar-refractivity contribution < 1.29 is 23.9 Å². The van der Waals surface area contributed by atoms with Crippen molar-refractivity contribution in [2.75, 3.05) is 18.5 Å². The van der Waals surface area contributed by atoms with Crippen molar-refractivity contribution >= 4 is 40.0 Å². The molecule has 4 rings (SSSR count). The number of esters is 1. The summed E-state index contributed by atoms with van der Waals surface area (Å²) in [6.45, 7) is 3.46. The number of likely N-dealkylation sites (tertiary alicyclic amines) is 1. The summed E-state index contributed by atoms with van der Waals surface area (Å²) in [4.78, 5) is 51.0. The monoisotopic (exact) mass is 388 g/mol. The zero-order valence-corrected chi connectivity index (χ0v) is 15.9. The van der Waals surface area contributed by atoms with E-state index < -0.39 is 11.9 Å². The Labute approximate surface area is 160 Å². The fraction of sp³-hybridized carbons (Fsp3) is 0.474. The topological polar surface area (TPSA) is 92.8 Å². The predicted molar refractivity (Wildman–Crippen MR) is 98.1 cm³/mol. The summed E-state index contributed by atoms with van der Waals surface area (Å²) in [7, 11) is 0. The molecule has 0 aromatic carbocycles. The van der Waals surface area contributed by atoms with E-state index in [1.54, 1.807) is 19.9 Å². The zero-order chi connectivity index (χ0) is 19.3. The van der Waals surface area contributed by atoms with Gasteiger partial charge in [0.1, 0.15) is 11.4 Å². The Morgan fingerprint density at radius 3 is 2.44 bits per heavy atom. The first-order chi connectivity index (χ1) is 12.9. The summed E-state index contributed by atoms with van der Waals surface area (Å²) >= 11 is 1.12. The van der Waals surface area contributed by atoms with Crippen molar-refractivity contribution in [3.63, 3.8) is 0 Å². The number of aryl methyl sites for hydroxylation is 1. The molecule has 3 amide bonds. The molecule has 2 aliphatic carbocycles. The Morgan fingerprint density at radius 2 is 1.85 bits per heavy atom. The molecule has 1 N–H and O–H groups in total. The molecule has 3 aliphatic rings. The third-order valence-electron chi connectivity index (χ3n) is 5.50. The number of hydrogen-bond acceptors (Lipinski definition) is 6. The highest BCUT2D eigenvalue weighted by Gasteiger charge is 2.59. The van der Waals surface area contributed by atoms with Crippen molar-refractivity contribution in [3.05, 3.63) is 28.7 Å². The van der Waals surface area contributed by atoms with Crippen LogP contribution in [0.25, 0.3) is 0 Å². The van der Waals surface area contributed by atoms with Crippen molar-refractivity contribution in [1.29, 1.82) is 0 Å². The van der Waals surface area contributed by atoms with Gasteiger partial charge in [-0.3, -0.25) is 19.3 Å². The van der Waals surface area contributed by atoms with Crippen LogP contribution in [0.5, 0.6) is 0 Å². The summed E-state index contributed by atoms with van der Waals surface area (Å²) < 4.78 is 4.99. The molecule has 1 saturated carbocycles. The number of anilines is 1. The standard InChI is InChI=1S/C19H20N2O5S/c1-3-26-19(25)16-9(2)6-13(27-16)20-12(22)8-21-17(23)14-10-4-5-11(7-10)15(14)18(21)24/h4-6,10-11,14-15H,3,7-8H2,1-2H3,(H,20,22)/t10-,11+,14-,15+. The molecule has 1 saturated heterocycles. The van der Waals surface area contributed by atoms with Crippen LogP contribution < -0.4 is 5.32 Å². The highest BCUT2D eigenvalue weighted by Crippen LogP contribution is 2.52. The summed E-state index contributed by atoms with van der Waals surface area (Å²) in [6.07, 6.45) is 4.90. The molecule has 8 heteroatoms. The number of nitrogens with one attached hydrogen (secondary N) is 1. The number of carbonyl (C=O) groups is 4. The van der Waals surface area contributed by atoms with Gasteiger partial charge >= 0.3 is 5.97 Å². The van der Waals surface area contributed by atoms with Gasteiger partial charge in [0.05, 0.1) is 23.4 Å². The van der Waals surface area contributed by atoms with E-state index in [-0.39, 0.29) is 48.6 Å². The van der Waals surface area contributed by atoms with Crippen LogP contribution in [0.3, 0.4) is 0 Å². The molecule has 0 unspecified atom stereocenters. The Hall–Kier alpha value is -2.48. The van der Waals surface area contributed by atoms with Gasteiger partial charge in [0, 0.05) is 0 Å². The van der Waals surface area contributed by atoms with Gasteiger partial charge in [-0.15, -0.1) is 11.3 Å². The Morgan fingerprint density at radius 1 is 1.22 bits per heavy atom. The number of imide groups is 1. The molecule has 0 spiro atoms. The number of rotatable bonds is 5. The fourth-order valence-electron chi connectivity index (χ4n) is 4.38. The quantitative estimate of drug-likeness (QED) is 0.473. The summed E-state index contributed by atoms with van der Waals surface area (Å²) in [5.41, 5.74) is 0.708. The second-order valence-corrected chi connectivity index (χ2v) is 8.21. The first-order valence-electron chi connectivity index (χ1n) is 9.01. The summed E-state index contributed by atoms with van der Waals surface area (Å²) in [5.74, 6) is -1.74. The van der Waals surface area contributed by atoms with Crippen LogP contribution in [0.1, 0.15) is 28.6 Å². The Balaban J connectivity index is 1.42. The number of hydrogen-bond donors (Lipinski definition) is 1.